The van der Waals surface area contributed by atoms with E-state index in [0.717, 1.165) is 6.42 Å². The van der Waals surface area contributed by atoms with E-state index in [1.807, 2.05) is 6.92 Å². The van der Waals surface area contributed by atoms with Crippen molar-refractivity contribution in [3.8, 4) is 0 Å². The Morgan fingerprint density at radius 3 is 2.00 bits per heavy atom. The summed E-state index contributed by atoms with van der Waals surface area (Å²) in [7, 11) is 2.15. The Hall–Kier alpha value is 0.500. The third-order valence-electron chi connectivity index (χ3n) is 4.01. The lowest BCUT2D eigenvalue weighted by molar-refractivity contribution is 0.0708. The summed E-state index contributed by atoms with van der Waals surface area (Å²) >= 11 is 11.7. The summed E-state index contributed by atoms with van der Waals surface area (Å²) in [5, 5.41) is 0. The van der Waals surface area contributed by atoms with Gasteiger partial charge in [0.15, 0.2) is 5.56 Å². The largest absolute Gasteiger partial charge is 0.353 e. The zero-order valence-electron chi connectivity index (χ0n) is 10.9. The van der Waals surface area contributed by atoms with E-state index in [4.69, 9.17) is 23.2 Å². The van der Waals surface area contributed by atoms with E-state index < -0.39 is 0 Å². The first kappa shape index (κ1) is 14.6. The molecule has 16 heavy (non-hydrogen) atoms. The minimum absolute atomic E-state index is 0.0231. The van der Waals surface area contributed by atoms with Gasteiger partial charge in [-0.2, -0.15) is 0 Å². The Morgan fingerprint density at radius 1 is 1.31 bits per heavy atom. The van der Waals surface area contributed by atoms with Gasteiger partial charge in [-0.25, -0.2) is 0 Å². The number of rotatable bonds is 0. The molecule has 2 saturated heterocycles. The van der Waals surface area contributed by atoms with Crippen molar-refractivity contribution in [2.45, 2.75) is 62.6 Å². The van der Waals surface area contributed by atoms with E-state index >= 15 is 0 Å². The van der Waals surface area contributed by atoms with Crippen LogP contribution < -0.4 is 0 Å². The van der Waals surface area contributed by atoms with Crippen molar-refractivity contribution in [2.24, 2.45) is 0 Å². The predicted molar refractivity (Wildman–Crippen MR) is 70.4 cm³/mol. The number of likely N-dealkylation sites (tertiary alicyclic amines) is 1. The van der Waals surface area contributed by atoms with Crippen molar-refractivity contribution >= 4 is 23.2 Å². The highest BCUT2D eigenvalue weighted by Gasteiger charge is 2.44. The molecule has 0 amide bonds. The molecule has 0 aromatic heterocycles. The van der Waals surface area contributed by atoms with E-state index in [9.17, 15) is 0 Å². The minimum Gasteiger partial charge on any atom is -0.353 e. The number of ether oxygens (including phenoxy) is 1. The molecule has 2 nitrogen and oxygen atoms in total. The molecule has 0 radical (unpaired) electrons. The molecule has 2 aliphatic heterocycles. The molecule has 0 aliphatic carbocycles. The number of epoxide rings is 1. The first-order valence-electron chi connectivity index (χ1n) is 5.88. The molecule has 2 aliphatic rings. The Balaban J connectivity index is 0.000000212. The molecule has 2 fully saturated rings. The second kappa shape index (κ2) is 5.01. The van der Waals surface area contributed by atoms with Crippen LogP contribution in [0.5, 0.6) is 0 Å². The van der Waals surface area contributed by atoms with Crippen molar-refractivity contribution in [1.82, 2.24) is 4.90 Å². The van der Waals surface area contributed by atoms with Crippen LogP contribution in [0.3, 0.4) is 0 Å². The first-order chi connectivity index (χ1) is 7.18. The number of hydrogen-bond acceptors (Lipinski definition) is 2. The van der Waals surface area contributed by atoms with Crippen LogP contribution in [0, 0.1) is 0 Å². The van der Waals surface area contributed by atoms with Crippen LogP contribution in [0.1, 0.15) is 40.5 Å². The average molecular weight is 268 g/mol. The molecule has 0 saturated carbocycles. The summed E-state index contributed by atoms with van der Waals surface area (Å²) in [6.45, 7) is 9.70. The zero-order chi connectivity index (χ0) is 12.6. The SMILES string of the molecule is CC1OC1Cl.CN1CCCC(C)(Cl)C1(C)C. The van der Waals surface area contributed by atoms with Gasteiger partial charge in [0.1, 0.15) is 0 Å². The molecule has 0 spiro atoms. The molecule has 3 atom stereocenters. The molecule has 0 N–H and O–H groups in total. The number of halogens is 2. The van der Waals surface area contributed by atoms with Gasteiger partial charge in [0.25, 0.3) is 0 Å². The molecular weight excluding hydrogens is 245 g/mol. The highest BCUT2D eigenvalue weighted by molar-refractivity contribution is 6.24. The number of nitrogens with zero attached hydrogens (tertiary/aromatic N) is 1. The molecule has 96 valence electrons. The second-order valence-electron chi connectivity index (χ2n) is 5.47. The summed E-state index contributed by atoms with van der Waals surface area (Å²) in [4.78, 5) is 2.30. The summed E-state index contributed by atoms with van der Waals surface area (Å²) < 4.78 is 4.68. The highest BCUT2D eigenvalue weighted by atomic mass is 35.5. The maximum Gasteiger partial charge on any atom is 0.157 e. The van der Waals surface area contributed by atoms with Gasteiger partial charge in [0.2, 0.25) is 0 Å². The van der Waals surface area contributed by atoms with E-state index in [0.29, 0.717) is 6.10 Å². The van der Waals surface area contributed by atoms with Crippen molar-refractivity contribution in [3.05, 3.63) is 0 Å². The van der Waals surface area contributed by atoms with Gasteiger partial charge in [-0.3, -0.25) is 4.90 Å². The topological polar surface area (TPSA) is 15.8 Å². The van der Waals surface area contributed by atoms with Crippen LogP contribution in [-0.4, -0.2) is 40.6 Å². The van der Waals surface area contributed by atoms with Crippen molar-refractivity contribution in [1.29, 1.82) is 0 Å². The summed E-state index contributed by atoms with van der Waals surface area (Å²) in [6, 6.07) is 0. The van der Waals surface area contributed by atoms with E-state index in [2.05, 4.69) is 37.5 Å². The number of alkyl halides is 2. The lowest BCUT2D eigenvalue weighted by atomic mass is 9.80. The van der Waals surface area contributed by atoms with Gasteiger partial charge < -0.3 is 4.74 Å². The quantitative estimate of drug-likeness (QED) is 0.494. The molecule has 0 bridgehead atoms. The molecular formula is C12H23Cl2NO. The van der Waals surface area contributed by atoms with Crippen LogP contribution in [0.15, 0.2) is 0 Å². The fourth-order valence-electron chi connectivity index (χ4n) is 1.79. The van der Waals surface area contributed by atoms with Crippen molar-refractivity contribution in [2.75, 3.05) is 13.6 Å². The van der Waals surface area contributed by atoms with Crippen LogP contribution in [0.4, 0.5) is 0 Å². The van der Waals surface area contributed by atoms with Crippen LogP contribution in [0.2, 0.25) is 0 Å². The van der Waals surface area contributed by atoms with Crippen LogP contribution in [-0.2, 0) is 4.74 Å². The van der Waals surface area contributed by atoms with Gasteiger partial charge in [0.05, 0.1) is 11.0 Å². The molecule has 0 aromatic rings. The lowest BCUT2D eigenvalue weighted by Gasteiger charge is -2.50. The minimum atomic E-state index is -0.0556. The normalized spacial score (nSPS) is 42.2. The Morgan fingerprint density at radius 2 is 1.75 bits per heavy atom. The molecule has 4 heteroatoms. The van der Waals surface area contributed by atoms with Crippen molar-refractivity contribution < 1.29 is 4.74 Å². The molecule has 3 unspecified atom stereocenters. The molecule has 2 rings (SSSR count). The van der Waals surface area contributed by atoms with Gasteiger partial charge in [0, 0.05) is 5.54 Å². The zero-order valence-corrected chi connectivity index (χ0v) is 12.4. The maximum atomic E-state index is 6.42. The Bertz CT molecular complexity index is 237. The molecule has 0 aromatic carbocycles. The summed E-state index contributed by atoms with van der Waals surface area (Å²) in [6.07, 6.45) is 2.67. The standard InChI is InChI=1S/C9H18ClN.C3H5ClO/c1-8(2)9(3,10)6-5-7-11(8)4;1-2-3(4)5-2/h5-7H2,1-4H3;2-3H,1H3. The Labute approximate surface area is 109 Å². The maximum absolute atomic E-state index is 6.42. The Kier molecular flexibility index (Phi) is 4.56. The van der Waals surface area contributed by atoms with E-state index in [-0.39, 0.29) is 16.0 Å². The first-order valence-corrected chi connectivity index (χ1v) is 6.69. The van der Waals surface area contributed by atoms with Gasteiger partial charge >= 0.3 is 0 Å². The van der Waals surface area contributed by atoms with Gasteiger partial charge in [-0.1, -0.05) is 11.6 Å². The van der Waals surface area contributed by atoms with E-state index in [1.54, 1.807) is 0 Å². The third kappa shape index (κ3) is 3.25. The monoisotopic (exact) mass is 267 g/mol. The van der Waals surface area contributed by atoms with Crippen LogP contribution in [0.25, 0.3) is 0 Å². The highest BCUT2D eigenvalue weighted by Crippen LogP contribution is 2.40. The summed E-state index contributed by atoms with van der Waals surface area (Å²) in [5.74, 6) is 0. The second-order valence-corrected chi connectivity index (χ2v) is 6.74. The van der Waals surface area contributed by atoms with E-state index in [1.165, 1.54) is 13.0 Å². The van der Waals surface area contributed by atoms with Gasteiger partial charge in [-0.05, 0) is 54.1 Å². The summed E-state index contributed by atoms with van der Waals surface area (Å²) in [5.41, 5.74) is 0.155. The van der Waals surface area contributed by atoms with Crippen LogP contribution >= 0.6 is 23.2 Å². The fraction of sp³-hybridized carbons (Fsp3) is 1.00. The number of hydrogen-bond donors (Lipinski definition) is 0. The lowest BCUT2D eigenvalue weighted by Crippen LogP contribution is -2.58. The number of piperidine rings is 1. The molecule has 2 heterocycles. The predicted octanol–water partition coefficient (Wildman–Crippen LogP) is 3.46. The fourth-order valence-corrected chi connectivity index (χ4v) is 2.23. The average Bonchev–Trinajstić information content (AvgIpc) is 2.77. The third-order valence-corrected chi connectivity index (χ3v) is 5.12. The van der Waals surface area contributed by atoms with Gasteiger partial charge in [-0.15, -0.1) is 11.6 Å². The smallest absolute Gasteiger partial charge is 0.157 e. The van der Waals surface area contributed by atoms with Crippen molar-refractivity contribution in [3.63, 3.8) is 0 Å².